The van der Waals surface area contributed by atoms with Crippen LogP contribution >= 0.6 is 0 Å². The normalized spacial score (nSPS) is 19.7. The lowest BCUT2D eigenvalue weighted by Gasteiger charge is -2.23. The van der Waals surface area contributed by atoms with Crippen LogP contribution in [0.15, 0.2) is 18.2 Å². The highest BCUT2D eigenvalue weighted by Gasteiger charge is 2.21. The van der Waals surface area contributed by atoms with E-state index in [0.717, 1.165) is 30.4 Å². The van der Waals surface area contributed by atoms with E-state index in [4.69, 9.17) is 0 Å². The molecule has 1 aromatic carbocycles. The summed E-state index contributed by atoms with van der Waals surface area (Å²) in [6.45, 7) is 1.63. The Morgan fingerprint density at radius 3 is 3.07 bits per heavy atom. The summed E-state index contributed by atoms with van der Waals surface area (Å²) < 4.78 is 13.4. The molecule has 0 amide bonds. The average molecular weight is 206 g/mol. The van der Waals surface area contributed by atoms with Crippen LogP contribution in [0.5, 0.6) is 0 Å². The molecule has 0 radical (unpaired) electrons. The number of halogens is 1. The van der Waals surface area contributed by atoms with Gasteiger partial charge < -0.3 is 4.79 Å². The SMILES string of the molecule is CC(=O)CC1CCc2c(F)cccc2C1. The lowest BCUT2D eigenvalue weighted by atomic mass is 9.81. The minimum Gasteiger partial charge on any atom is -0.300 e. The van der Waals surface area contributed by atoms with Crippen molar-refractivity contribution < 1.29 is 9.18 Å². The molecule has 2 heteroatoms. The van der Waals surface area contributed by atoms with E-state index in [2.05, 4.69) is 0 Å². The Hall–Kier alpha value is -1.18. The standard InChI is InChI=1S/C13H15FO/c1-9(15)7-10-5-6-12-11(8-10)3-2-4-13(12)14/h2-4,10H,5-8H2,1H3. The maximum atomic E-state index is 13.4. The van der Waals surface area contributed by atoms with Gasteiger partial charge in [0.15, 0.2) is 0 Å². The second-order valence-electron chi connectivity index (χ2n) is 4.39. The Morgan fingerprint density at radius 2 is 2.33 bits per heavy atom. The molecule has 80 valence electrons. The van der Waals surface area contributed by atoms with Crippen molar-refractivity contribution in [2.24, 2.45) is 5.92 Å². The molecular formula is C13H15FO. The summed E-state index contributed by atoms with van der Waals surface area (Å²) in [6, 6.07) is 5.25. The van der Waals surface area contributed by atoms with E-state index in [-0.39, 0.29) is 11.6 Å². The predicted octanol–water partition coefficient (Wildman–Crippen LogP) is 2.91. The molecule has 0 saturated heterocycles. The van der Waals surface area contributed by atoms with Crippen molar-refractivity contribution in [3.63, 3.8) is 0 Å². The van der Waals surface area contributed by atoms with E-state index >= 15 is 0 Å². The second kappa shape index (κ2) is 4.13. The summed E-state index contributed by atoms with van der Waals surface area (Å²) in [4.78, 5) is 11.0. The molecule has 15 heavy (non-hydrogen) atoms. The van der Waals surface area contributed by atoms with Gasteiger partial charge in [-0.05, 0) is 49.3 Å². The van der Waals surface area contributed by atoms with Crippen LogP contribution in [0, 0.1) is 11.7 Å². The first-order chi connectivity index (χ1) is 7.16. The first kappa shape index (κ1) is 10.3. The summed E-state index contributed by atoms with van der Waals surface area (Å²) in [5.74, 6) is 0.561. The van der Waals surface area contributed by atoms with E-state index < -0.39 is 0 Å². The lowest BCUT2D eigenvalue weighted by molar-refractivity contribution is -0.117. The summed E-state index contributed by atoms with van der Waals surface area (Å²) in [6.07, 6.45) is 3.20. The first-order valence-electron chi connectivity index (χ1n) is 5.42. The molecule has 1 atom stereocenters. The van der Waals surface area contributed by atoms with Crippen molar-refractivity contribution in [2.45, 2.75) is 32.6 Å². The van der Waals surface area contributed by atoms with Gasteiger partial charge >= 0.3 is 0 Å². The summed E-state index contributed by atoms with van der Waals surface area (Å²) >= 11 is 0. The van der Waals surface area contributed by atoms with Crippen LogP contribution < -0.4 is 0 Å². The number of benzene rings is 1. The van der Waals surface area contributed by atoms with E-state index in [1.165, 1.54) is 6.07 Å². The number of Topliss-reactive ketones (excluding diaryl/α,β-unsaturated/α-hetero) is 1. The second-order valence-corrected chi connectivity index (χ2v) is 4.39. The van der Waals surface area contributed by atoms with Gasteiger partial charge in [-0.2, -0.15) is 0 Å². The largest absolute Gasteiger partial charge is 0.300 e. The number of hydrogen-bond donors (Lipinski definition) is 0. The Kier molecular flexibility index (Phi) is 2.85. The van der Waals surface area contributed by atoms with Crippen molar-refractivity contribution in [3.8, 4) is 0 Å². The molecule has 0 heterocycles. The van der Waals surface area contributed by atoms with Gasteiger partial charge in [-0.15, -0.1) is 0 Å². The van der Waals surface area contributed by atoms with Crippen molar-refractivity contribution in [1.82, 2.24) is 0 Å². The van der Waals surface area contributed by atoms with E-state index in [1.54, 1.807) is 13.0 Å². The number of hydrogen-bond acceptors (Lipinski definition) is 1. The fourth-order valence-electron chi connectivity index (χ4n) is 2.42. The molecule has 1 aromatic rings. The highest BCUT2D eigenvalue weighted by molar-refractivity contribution is 5.75. The zero-order chi connectivity index (χ0) is 10.8. The molecule has 1 nitrogen and oxygen atoms in total. The Labute approximate surface area is 89.3 Å². The molecule has 0 spiro atoms. The first-order valence-corrected chi connectivity index (χ1v) is 5.42. The number of carbonyl (C=O) groups excluding carboxylic acids is 1. The Balaban J connectivity index is 2.17. The average Bonchev–Trinajstić information content (AvgIpc) is 2.17. The third-order valence-corrected chi connectivity index (χ3v) is 3.10. The van der Waals surface area contributed by atoms with Crippen LogP contribution in [0.1, 0.15) is 30.9 Å². The highest BCUT2D eigenvalue weighted by atomic mass is 19.1. The molecule has 1 aliphatic carbocycles. The van der Waals surface area contributed by atoms with Gasteiger partial charge in [0.05, 0.1) is 0 Å². The van der Waals surface area contributed by atoms with Crippen molar-refractivity contribution in [3.05, 3.63) is 35.1 Å². The molecule has 0 fully saturated rings. The number of rotatable bonds is 2. The number of fused-ring (bicyclic) bond motifs is 1. The van der Waals surface area contributed by atoms with Crippen molar-refractivity contribution in [2.75, 3.05) is 0 Å². The van der Waals surface area contributed by atoms with E-state index in [0.29, 0.717) is 12.3 Å². The minimum absolute atomic E-state index is 0.0891. The molecule has 0 aliphatic heterocycles. The van der Waals surface area contributed by atoms with Gasteiger partial charge in [0.2, 0.25) is 0 Å². The fourth-order valence-corrected chi connectivity index (χ4v) is 2.42. The fraction of sp³-hybridized carbons (Fsp3) is 0.462. The van der Waals surface area contributed by atoms with Crippen LogP contribution in [0.4, 0.5) is 4.39 Å². The van der Waals surface area contributed by atoms with Gasteiger partial charge in [0.25, 0.3) is 0 Å². The third-order valence-electron chi connectivity index (χ3n) is 3.10. The van der Waals surface area contributed by atoms with Crippen LogP contribution in [0.2, 0.25) is 0 Å². The van der Waals surface area contributed by atoms with E-state index in [1.807, 2.05) is 6.07 Å². The van der Waals surface area contributed by atoms with Gasteiger partial charge in [-0.3, -0.25) is 0 Å². The molecule has 0 saturated carbocycles. The van der Waals surface area contributed by atoms with Crippen molar-refractivity contribution >= 4 is 5.78 Å². The number of carbonyl (C=O) groups is 1. The molecule has 0 N–H and O–H groups in total. The Morgan fingerprint density at radius 1 is 1.53 bits per heavy atom. The predicted molar refractivity (Wildman–Crippen MR) is 57.2 cm³/mol. The summed E-state index contributed by atoms with van der Waals surface area (Å²) in [5.41, 5.74) is 1.95. The topological polar surface area (TPSA) is 17.1 Å². The molecule has 1 unspecified atom stereocenters. The van der Waals surface area contributed by atoms with Crippen LogP contribution in [0.3, 0.4) is 0 Å². The van der Waals surface area contributed by atoms with Crippen LogP contribution in [0.25, 0.3) is 0 Å². The molecule has 0 aromatic heterocycles. The smallest absolute Gasteiger partial charge is 0.130 e. The van der Waals surface area contributed by atoms with Crippen molar-refractivity contribution in [1.29, 1.82) is 0 Å². The summed E-state index contributed by atoms with van der Waals surface area (Å²) in [7, 11) is 0. The lowest BCUT2D eigenvalue weighted by Crippen LogP contribution is -2.17. The van der Waals surface area contributed by atoms with Crippen LogP contribution in [-0.4, -0.2) is 5.78 Å². The quantitative estimate of drug-likeness (QED) is 0.727. The molecule has 2 rings (SSSR count). The maximum Gasteiger partial charge on any atom is 0.130 e. The zero-order valence-corrected chi connectivity index (χ0v) is 8.92. The summed E-state index contributed by atoms with van der Waals surface area (Å²) in [5, 5.41) is 0. The molecular weight excluding hydrogens is 191 g/mol. The maximum absolute atomic E-state index is 13.4. The van der Waals surface area contributed by atoms with Gasteiger partial charge in [-0.1, -0.05) is 12.1 Å². The van der Waals surface area contributed by atoms with E-state index in [9.17, 15) is 9.18 Å². The molecule has 1 aliphatic rings. The monoisotopic (exact) mass is 206 g/mol. The number of ketones is 1. The third kappa shape index (κ3) is 2.25. The minimum atomic E-state index is -0.0891. The van der Waals surface area contributed by atoms with Gasteiger partial charge in [0.1, 0.15) is 11.6 Å². The Bertz CT molecular complexity index is 384. The van der Waals surface area contributed by atoms with Gasteiger partial charge in [-0.25, -0.2) is 4.39 Å². The molecule has 0 bridgehead atoms. The zero-order valence-electron chi connectivity index (χ0n) is 8.92. The van der Waals surface area contributed by atoms with Gasteiger partial charge in [0, 0.05) is 6.42 Å². The highest BCUT2D eigenvalue weighted by Crippen LogP contribution is 2.29. The van der Waals surface area contributed by atoms with Crippen LogP contribution in [-0.2, 0) is 17.6 Å².